The molecule has 1 saturated heterocycles. The Balaban J connectivity index is 1.49. The Morgan fingerprint density at radius 2 is 2.16 bits per heavy atom. The highest BCUT2D eigenvalue weighted by atomic mass is 16.5. The van der Waals surface area contributed by atoms with E-state index in [4.69, 9.17) is 4.74 Å². The number of urea groups is 1. The van der Waals surface area contributed by atoms with E-state index in [0.717, 1.165) is 24.2 Å². The van der Waals surface area contributed by atoms with Gasteiger partial charge in [0, 0.05) is 25.1 Å². The summed E-state index contributed by atoms with van der Waals surface area (Å²) in [6, 6.07) is 7.50. The Kier molecular flexibility index (Phi) is 3.85. The molecule has 4 rings (SSSR count). The summed E-state index contributed by atoms with van der Waals surface area (Å²) >= 11 is 0. The lowest BCUT2D eigenvalue weighted by atomic mass is 9.81. The van der Waals surface area contributed by atoms with Crippen molar-refractivity contribution in [1.82, 2.24) is 10.2 Å². The highest BCUT2D eigenvalue weighted by Gasteiger charge is 2.56. The van der Waals surface area contributed by atoms with E-state index in [1.807, 2.05) is 31.2 Å². The Bertz CT molecular complexity index is 706. The number of ether oxygens (including phenoxy) is 1. The van der Waals surface area contributed by atoms with Crippen LogP contribution < -0.4 is 10.1 Å². The number of benzene rings is 1. The number of hydrogen-bond donors (Lipinski definition) is 2. The maximum Gasteiger partial charge on any atom is 0.317 e. The van der Waals surface area contributed by atoms with Crippen molar-refractivity contribution < 1.29 is 19.4 Å². The molecule has 25 heavy (non-hydrogen) atoms. The van der Waals surface area contributed by atoms with Crippen molar-refractivity contribution in [2.24, 2.45) is 11.3 Å². The second kappa shape index (κ2) is 5.93. The zero-order chi connectivity index (χ0) is 17.6. The third kappa shape index (κ3) is 2.64. The normalized spacial score (nSPS) is 33.3. The smallest absolute Gasteiger partial charge is 0.317 e. The molecule has 6 heteroatoms. The van der Waals surface area contributed by atoms with Crippen LogP contribution in [0.15, 0.2) is 24.3 Å². The average Bonchev–Trinajstić information content (AvgIpc) is 3.13. The fourth-order valence-electron chi connectivity index (χ4n) is 4.77. The highest BCUT2D eigenvalue weighted by molar-refractivity contribution is 5.81. The standard InChI is InChI=1S/C19H24N2O4/c1-12-9-15(14-6-2-3-7-16(14)25-12)20-18(24)21-10-13-5-4-8-19(13,11-21)17(22)23/h2-3,6-7,12-13,15H,4-5,8-11H2,1H3,(H,20,24)(H,22,23)/t12-,13+,15-,19-/m1/s1. The summed E-state index contributed by atoms with van der Waals surface area (Å²) in [5.41, 5.74) is 0.249. The van der Waals surface area contributed by atoms with Crippen LogP contribution in [0.4, 0.5) is 4.79 Å². The molecule has 1 aromatic carbocycles. The highest BCUT2D eigenvalue weighted by Crippen LogP contribution is 2.49. The molecule has 0 aromatic heterocycles. The molecule has 0 spiro atoms. The Morgan fingerprint density at radius 1 is 1.36 bits per heavy atom. The molecule has 2 aliphatic heterocycles. The number of carbonyl (C=O) groups is 2. The van der Waals surface area contributed by atoms with Gasteiger partial charge in [0.2, 0.25) is 0 Å². The molecule has 2 fully saturated rings. The summed E-state index contributed by atoms with van der Waals surface area (Å²) in [5.74, 6) is 0.138. The van der Waals surface area contributed by atoms with E-state index in [0.29, 0.717) is 25.9 Å². The minimum Gasteiger partial charge on any atom is -0.490 e. The average molecular weight is 344 g/mol. The van der Waals surface area contributed by atoms with E-state index >= 15 is 0 Å². The molecule has 2 amide bonds. The molecule has 2 N–H and O–H groups in total. The zero-order valence-electron chi connectivity index (χ0n) is 14.4. The molecule has 1 aliphatic carbocycles. The molecule has 0 radical (unpaired) electrons. The van der Waals surface area contributed by atoms with Crippen LogP contribution in [0.2, 0.25) is 0 Å². The molecule has 134 valence electrons. The molecule has 0 unspecified atom stereocenters. The van der Waals surface area contributed by atoms with Crippen LogP contribution in [0.1, 0.15) is 44.2 Å². The van der Waals surface area contributed by atoms with Crippen LogP contribution in [0, 0.1) is 11.3 Å². The van der Waals surface area contributed by atoms with Crippen molar-refractivity contribution >= 4 is 12.0 Å². The Hall–Kier alpha value is -2.24. The maximum absolute atomic E-state index is 12.8. The SMILES string of the molecule is C[C@@H]1C[C@@H](NC(=O)N2C[C@@H]3CCC[C@@]3(C(=O)O)C2)c2ccccc2O1. The molecule has 2 heterocycles. The predicted octanol–water partition coefficient (Wildman–Crippen LogP) is 2.80. The molecule has 1 aromatic rings. The predicted molar refractivity (Wildman–Crippen MR) is 91.4 cm³/mol. The number of fused-ring (bicyclic) bond motifs is 2. The zero-order valence-corrected chi connectivity index (χ0v) is 14.4. The van der Waals surface area contributed by atoms with Gasteiger partial charge in [-0.2, -0.15) is 0 Å². The fourth-order valence-corrected chi connectivity index (χ4v) is 4.77. The van der Waals surface area contributed by atoms with E-state index in [1.54, 1.807) is 4.90 Å². The molecule has 1 saturated carbocycles. The van der Waals surface area contributed by atoms with Crippen molar-refractivity contribution in [2.75, 3.05) is 13.1 Å². The number of likely N-dealkylation sites (tertiary alicyclic amines) is 1. The number of para-hydroxylation sites is 1. The van der Waals surface area contributed by atoms with Gasteiger partial charge in [-0.15, -0.1) is 0 Å². The lowest BCUT2D eigenvalue weighted by Gasteiger charge is -2.32. The van der Waals surface area contributed by atoms with Crippen LogP contribution in [0.25, 0.3) is 0 Å². The first-order chi connectivity index (χ1) is 12.0. The van der Waals surface area contributed by atoms with E-state index in [9.17, 15) is 14.7 Å². The van der Waals surface area contributed by atoms with Gasteiger partial charge in [0.15, 0.2) is 0 Å². The molecule has 6 nitrogen and oxygen atoms in total. The Morgan fingerprint density at radius 3 is 2.92 bits per heavy atom. The summed E-state index contributed by atoms with van der Waals surface area (Å²) in [5, 5.41) is 12.8. The van der Waals surface area contributed by atoms with E-state index in [2.05, 4.69) is 5.32 Å². The second-order valence-electron chi connectivity index (χ2n) is 7.64. The van der Waals surface area contributed by atoms with E-state index in [1.165, 1.54) is 0 Å². The van der Waals surface area contributed by atoms with Gasteiger partial charge in [0.05, 0.1) is 17.6 Å². The quantitative estimate of drug-likeness (QED) is 0.865. The third-order valence-corrected chi connectivity index (χ3v) is 6.07. The molecular formula is C19H24N2O4. The minimum atomic E-state index is -0.754. The van der Waals surface area contributed by atoms with Gasteiger partial charge in [0.1, 0.15) is 5.75 Å². The number of rotatable bonds is 2. The van der Waals surface area contributed by atoms with Gasteiger partial charge in [-0.25, -0.2) is 4.79 Å². The number of amides is 2. The molecule has 4 atom stereocenters. The van der Waals surface area contributed by atoms with Crippen molar-refractivity contribution in [1.29, 1.82) is 0 Å². The summed E-state index contributed by atoms with van der Waals surface area (Å²) in [6.07, 6.45) is 3.26. The summed E-state index contributed by atoms with van der Waals surface area (Å²) in [7, 11) is 0. The van der Waals surface area contributed by atoms with Crippen molar-refractivity contribution in [2.45, 2.75) is 44.8 Å². The van der Waals surface area contributed by atoms with Gasteiger partial charge < -0.3 is 20.1 Å². The van der Waals surface area contributed by atoms with E-state index < -0.39 is 11.4 Å². The van der Waals surface area contributed by atoms with Crippen LogP contribution in [-0.4, -0.2) is 41.2 Å². The van der Waals surface area contributed by atoms with Gasteiger partial charge in [-0.05, 0) is 31.7 Å². The van der Waals surface area contributed by atoms with Crippen LogP contribution >= 0.6 is 0 Å². The summed E-state index contributed by atoms with van der Waals surface area (Å²) in [6.45, 7) is 2.85. The van der Waals surface area contributed by atoms with Crippen LogP contribution in [-0.2, 0) is 4.79 Å². The molecule has 0 bridgehead atoms. The lowest BCUT2D eigenvalue weighted by molar-refractivity contribution is -0.149. The summed E-state index contributed by atoms with van der Waals surface area (Å²) in [4.78, 5) is 26.3. The van der Waals surface area contributed by atoms with Gasteiger partial charge >= 0.3 is 12.0 Å². The first kappa shape index (κ1) is 16.2. The number of aliphatic carboxylic acids is 1. The third-order valence-electron chi connectivity index (χ3n) is 6.07. The van der Waals surface area contributed by atoms with Crippen LogP contribution in [0.5, 0.6) is 5.75 Å². The van der Waals surface area contributed by atoms with E-state index in [-0.39, 0.29) is 24.1 Å². The molecule has 3 aliphatic rings. The summed E-state index contributed by atoms with van der Waals surface area (Å²) < 4.78 is 5.83. The minimum absolute atomic E-state index is 0.0310. The van der Waals surface area contributed by atoms with Crippen molar-refractivity contribution in [3.05, 3.63) is 29.8 Å². The molecular weight excluding hydrogens is 320 g/mol. The monoisotopic (exact) mass is 344 g/mol. The second-order valence-corrected chi connectivity index (χ2v) is 7.64. The first-order valence-electron chi connectivity index (χ1n) is 9.04. The number of carboxylic acids is 1. The van der Waals surface area contributed by atoms with Crippen molar-refractivity contribution in [3.8, 4) is 5.75 Å². The maximum atomic E-state index is 12.8. The number of hydrogen-bond acceptors (Lipinski definition) is 3. The topological polar surface area (TPSA) is 78.9 Å². The number of carboxylic acid groups (broad SMARTS) is 1. The first-order valence-corrected chi connectivity index (χ1v) is 9.04. The number of carbonyl (C=O) groups excluding carboxylic acids is 1. The lowest BCUT2D eigenvalue weighted by Crippen LogP contribution is -2.44. The fraction of sp³-hybridized carbons (Fsp3) is 0.579. The van der Waals surface area contributed by atoms with Gasteiger partial charge in [0.25, 0.3) is 0 Å². The number of nitrogens with one attached hydrogen (secondary N) is 1. The number of nitrogens with zero attached hydrogens (tertiary/aromatic N) is 1. The van der Waals surface area contributed by atoms with Crippen LogP contribution in [0.3, 0.4) is 0 Å². The van der Waals surface area contributed by atoms with Gasteiger partial charge in [-0.3, -0.25) is 4.79 Å². The largest absolute Gasteiger partial charge is 0.490 e. The Labute approximate surface area is 147 Å². The van der Waals surface area contributed by atoms with Crippen molar-refractivity contribution in [3.63, 3.8) is 0 Å². The van der Waals surface area contributed by atoms with Gasteiger partial charge in [-0.1, -0.05) is 24.6 Å².